The highest BCUT2D eigenvalue weighted by Gasteiger charge is 2.10. The summed E-state index contributed by atoms with van der Waals surface area (Å²) in [4.78, 5) is 4.47. The van der Waals surface area contributed by atoms with Crippen LogP contribution in [0.1, 0.15) is 5.82 Å². The molecule has 1 N–H and O–H groups in total. The van der Waals surface area contributed by atoms with E-state index in [1.807, 2.05) is 35.9 Å². The molecule has 0 aliphatic rings. The molecule has 0 spiro atoms. The lowest BCUT2D eigenvalue weighted by Crippen LogP contribution is -2.07. The van der Waals surface area contributed by atoms with Gasteiger partial charge in [0.15, 0.2) is 0 Å². The molecule has 108 valence electrons. The topological polar surface area (TPSA) is 29.9 Å². The zero-order valence-corrected chi connectivity index (χ0v) is 12.8. The van der Waals surface area contributed by atoms with Crippen LogP contribution in [0.4, 0.5) is 14.5 Å². The van der Waals surface area contributed by atoms with Gasteiger partial charge in [0, 0.05) is 13.1 Å². The minimum absolute atomic E-state index is 0.105. The molecule has 6 heteroatoms. The number of para-hydroxylation sites is 2. The number of fused-ring (bicyclic) bond motifs is 1. The van der Waals surface area contributed by atoms with Crippen molar-refractivity contribution in [2.45, 2.75) is 6.54 Å². The van der Waals surface area contributed by atoms with E-state index in [0.29, 0.717) is 6.54 Å². The van der Waals surface area contributed by atoms with Crippen LogP contribution in [0, 0.1) is 11.6 Å². The van der Waals surface area contributed by atoms with Crippen molar-refractivity contribution in [2.75, 3.05) is 5.32 Å². The number of halogens is 3. The van der Waals surface area contributed by atoms with E-state index in [9.17, 15) is 8.78 Å². The molecule has 0 aliphatic heterocycles. The number of rotatable bonds is 3. The second-order valence-corrected chi connectivity index (χ2v) is 5.53. The highest BCUT2D eigenvalue weighted by Crippen LogP contribution is 2.24. The van der Waals surface area contributed by atoms with Crippen LogP contribution in [-0.4, -0.2) is 9.55 Å². The van der Waals surface area contributed by atoms with Crippen LogP contribution < -0.4 is 5.32 Å². The molecular weight excluding hydrogens is 340 g/mol. The summed E-state index contributed by atoms with van der Waals surface area (Å²) in [6.07, 6.45) is 0. The van der Waals surface area contributed by atoms with Crippen LogP contribution in [0.2, 0.25) is 0 Å². The Morgan fingerprint density at radius 2 is 1.95 bits per heavy atom. The lowest BCUT2D eigenvalue weighted by atomic mass is 10.3. The first-order valence-corrected chi connectivity index (χ1v) is 7.14. The van der Waals surface area contributed by atoms with Crippen molar-refractivity contribution in [3.8, 4) is 0 Å². The first kappa shape index (κ1) is 14.0. The van der Waals surface area contributed by atoms with E-state index >= 15 is 0 Å². The second kappa shape index (κ2) is 5.44. The summed E-state index contributed by atoms with van der Waals surface area (Å²) in [5.74, 6) is -0.273. The maximum atomic E-state index is 13.8. The Hall–Kier alpha value is -1.95. The highest BCUT2D eigenvalue weighted by atomic mass is 79.9. The van der Waals surface area contributed by atoms with Crippen LogP contribution in [0.5, 0.6) is 0 Å². The van der Waals surface area contributed by atoms with Gasteiger partial charge in [0.25, 0.3) is 0 Å². The van der Waals surface area contributed by atoms with Gasteiger partial charge in [0.1, 0.15) is 17.5 Å². The molecule has 0 atom stereocenters. The summed E-state index contributed by atoms with van der Waals surface area (Å²) in [6.45, 7) is 0.309. The summed E-state index contributed by atoms with van der Waals surface area (Å²) >= 11 is 2.95. The van der Waals surface area contributed by atoms with Crippen molar-refractivity contribution in [1.82, 2.24) is 9.55 Å². The fourth-order valence-electron chi connectivity index (χ4n) is 2.19. The molecule has 0 amide bonds. The van der Waals surface area contributed by atoms with Crippen LogP contribution in [-0.2, 0) is 13.6 Å². The molecule has 1 heterocycles. The van der Waals surface area contributed by atoms with Gasteiger partial charge in [-0.1, -0.05) is 12.1 Å². The van der Waals surface area contributed by atoms with Crippen molar-refractivity contribution in [3.63, 3.8) is 0 Å². The number of nitrogens with zero attached hydrogens (tertiary/aromatic N) is 2. The quantitative estimate of drug-likeness (QED) is 0.715. The third-order valence-electron chi connectivity index (χ3n) is 3.33. The number of imidazole rings is 1. The summed E-state index contributed by atoms with van der Waals surface area (Å²) in [5.41, 5.74) is 1.98. The largest absolute Gasteiger partial charge is 0.375 e. The predicted octanol–water partition coefficient (Wildman–Crippen LogP) is 4.23. The Morgan fingerprint density at radius 3 is 2.71 bits per heavy atom. The summed E-state index contributed by atoms with van der Waals surface area (Å²) in [5, 5.41) is 2.88. The van der Waals surface area contributed by atoms with Gasteiger partial charge in [-0.15, -0.1) is 0 Å². The van der Waals surface area contributed by atoms with E-state index in [0.717, 1.165) is 29.0 Å². The van der Waals surface area contributed by atoms with Crippen LogP contribution in [0.25, 0.3) is 11.0 Å². The van der Waals surface area contributed by atoms with Crippen molar-refractivity contribution >= 4 is 32.7 Å². The normalized spacial score (nSPS) is 11.0. The van der Waals surface area contributed by atoms with Gasteiger partial charge >= 0.3 is 0 Å². The monoisotopic (exact) mass is 351 g/mol. The van der Waals surface area contributed by atoms with E-state index < -0.39 is 11.6 Å². The summed E-state index contributed by atoms with van der Waals surface area (Å²) < 4.78 is 29.2. The number of aromatic nitrogens is 2. The maximum absolute atomic E-state index is 13.8. The SMILES string of the molecule is Cn1c(CNc2cc(F)c(Br)cc2F)nc2ccccc21. The number of benzene rings is 2. The van der Waals surface area contributed by atoms with Crippen LogP contribution >= 0.6 is 15.9 Å². The van der Waals surface area contributed by atoms with Gasteiger partial charge in [0.2, 0.25) is 0 Å². The van der Waals surface area contributed by atoms with E-state index in [1.165, 1.54) is 0 Å². The van der Waals surface area contributed by atoms with E-state index in [2.05, 4.69) is 26.2 Å². The van der Waals surface area contributed by atoms with Crippen LogP contribution in [0.3, 0.4) is 0 Å². The van der Waals surface area contributed by atoms with E-state index in [4.69, 9.17) is 0 Å². The van der Waals surface area contributed by atoms with Crippen molar-refractivity contribution in [3.05, 3.63) is 58.3 Å². The zero-order valence-electron chi connectivity index (χ0n) is 11.2. The minimum atomic E-state index is -0.512. The fraction of sp³-hybridized carbons (Fsp3) is 0.133. The summed E-state index contributed by atoms with van der Waals surface area (Å²) in [6, 6.07) is 9.96. The molecular formula is C15H12BrF2N3. The van der Waals surface area contributed by atoms with Crippen molar-refractivity contribution in [2.24, 2.45) is 7.05 Å². The fourth-order valence-corrected chi connectivity index (χ4v) is 2.50. The molecule has 3 rings (SSSR count). The van der Waals surface area contributed by atoms with Crippen molar-refractivity contribution in [1.29, 1.82) is 0 Å². The average Bonchev–Trinajstić information content (AvgIpc) is 2.79. The van der Waals surface area contributed by atoms with Crippen LogP contribution in [0.15, 0.2) is 40.9 Å². The number of anilines is 1. The lowest BCUT2D eigenvalue weighted by Gasteiger charge is -2.08. The Bertz CT molecular complexity index is 814. The maximum Gasteiger partial charge on any atom is 0.147 e. The van der Waals surface area contributed by atoms with Gasteiger partial charge in [0.05, 0.1) is 27.7 Å². The van der Waals surface area contributed by atoms with Gasteiger partial charge in [-0.2, -0.15) is 0 Å². The number of aryl methyl sites for hydroxylation is 1. The van der Waals surface area contributed by atoms with Gasteiger partial charge in [-0.25, -0.2) is 13.8 Å². The Labute approximate surface area is 128 Å². The smallest absolute Gasteiger partial charge is 0.147 e. The van der Waals surface area contributed by atoms with E-state index in [-0.39, 0.29) is 10.2 Å². The zero-order chi connectivity index (χ0) is 15.0. The molecule has 0 radical (unpaired) electrons. The molecule has 0 saturated heterocycles. The molecule has 3 aromatic rings. The standard InChI is InChI=1S/C15H12BrF2N3/c1-21-14-5-3-2-4-12(14)20-15(21)8-19-13-7-10(17)9(16)6-11(13)18/h2-7,19H,8H2,1H3. The van der Waals surface area contributed by atoms with Gasteiger partial charge in [-0.05, 0) is 34.1 Å². The molecule has 0 bridgehead atoms. The van der Waals surface area contributed by atoms with Gasteiger partial charge < -0.3 is 9.88 Å². The second-order valence-electron chi connectivity index (χ2n) is 4.68. The third-order valence-corrected chi connectivity index (χ3v) is 3.93. The van der Waals surface area contributed by atoms with Crippen molar-refractivity contribution < 1.29 is 8.78 Å². The molecule has 3 nitrogen and oxygen atoms in total. The molecule has 21 heavy (non-hydrogen) atoms. The highest BCUT2D eigenvalue weighted by molar-refractivity contribution is 9.10. The van der Waals surface area contributed by atoms with E-state index in [1.54, 1.807) is 0 Å². The van der Waals surface area contributed by atoms with Gasteiger partial charge in [-0.3, -0.25) is 0 Å². The molecule has 0 aliphatic carbocycles. The Morgan fingerprint density at radius 1 is 1.19 bits per heavy atom. The Balaban J connectivity index is 1.87. The Kier molecular flexibility index (Phi) is 3.63. The predicted molar refractivity (Wildman–Crippen MR) is 82.1 cm³/mol. The number of hydrogen-bond acceptors (Lipinski definition) is 2. The first-order chi connectivity index (χ1) is 10.1. The molecule has 2 aromatic carbocycles. The third kappa shape index (κ3) is 2.63. The summed E-state index contributed by atoms with van der Waals surface area (Å²) in [7, 11) is 1.89. The first-order valence-electron chi connectivity index (χ1n) is 6.35. The molecule has 0 unspecified atom stereocenters. The number of nitrogens with one attached hydrogen (secondary N) is 1. The lowest BCUT2D eigenvalue weighted by molar-refractivity contribution is 0.596. The average molecular weight is 352 g/mol. The molecule has 0 saturated carbocycles. The molecule has 1 aromatic heterocycles. The molecule has 0 fully saturated rings. The minimum Gasteiger partial charge on any atom is -0.375 e. The number of hydrogen-bond donors (Lipinski definition) is 1.